The molecule has 98 valence electrons. The van der Waals surface area contributed by atoms with Gasteiger partial charge in [0.25, 0.3) is 0 Å². The van der Waals surface area contributed by atoms with Crippen LogP contribution in [0.4, 0.5) is 0 Å². The summed E-state index contributed by atoms with van der Waals surface area (Å²) in [6.07, 6.45) is 0. The number of rotatable bonds is 6. The van der Waals surface area contributed by atoms with Crippen molar-refractivity contribution in [3.05, 3.63) is 35.4 Å². The van der Waals surface area contributed by atoms with Gasteiger partial charge in [0.2, 0.25) is 0 Å². The van der Waals surface area contributed by atoms with Crippen LogP contribution in [0.1, 0.15) is 25.0 Å². The lowest BCUT2D eigenvalue weighted by Crippen LogP contribution is -2.39. The Balaban J connectivity index is 2.70. The van der Waals surface area contributed by atoms with Crippen LogP contribution in [0, 0.1) is 11.3 Å². The molecule has 0 aliphatic heterocycles. The molecule has 3 heteroatoms. The van der Waals surface area contributed by atoms with E-state index in [0.717, 1.165) is 25.2 Å². The van der Waals surface area contributed by atoms with E-state index in [9.17, 15) is 0 Å². The zero-order chi connectivity index (χ0) is 13.5. The van der Waals surface area contributed by atoms with E-state index in [0.29, 0.717) is 6.04 Å². The molecular weight excluding hydrogens is 222 g/mol. The predicted octanol–water partition coefficient (Wildman–Crippen LogP) is 2.33. The highest BCUT2D eigenvalue weighted by molar-refractivity contribution is 5.32. The SMILES string of the molecule is CCN(Cc1cccc(C#N)c1)C(C)CN(C)C. The van der Waals surface area contributed by atoms with Gasteiger partial charge in [0, 0.05) is 19.1 Å². The lowest BCUT2D eigenvalue weighted by Gasteiger charge is -2.30. The van der Waals surface area contributed by atoms with Crippen LogP contribution in [0.25, 0.3) is 0 Å². The van der Waals surface area contributed by atoms with Crippen LogP contribution in [-0.2, 0) is 6.54 Å². The number of nitriles is 1. The molecule has 0 bridgehead atoms. The van der Waals surface area contributed by atoms with Gasteiger partial charge >= 0.3 is 0 Å². The molecule has 1 aromatic carbocycles. The summed E-state index contributed by atoms with van der Waals surface area (Å²) in [6.45, 7) is 7.40. The van der Waals surface area contributed by atoms with Crippen LogP contribution in [0.5, 0.6) is 0 Å². The fourth-order valence-electron chi connectivity index (χ4n) is 2.20. The van der Waals surface area contributed by atoms with Gasteiger partial charge in [0.15, 0.2) is 0 Å². The second-order valence-corrected chi connectivity index (χ2v) is 4.99. The molecule has 0 saturated carbocycles. The molecule has 1 unspecified atom stereocenters. The monoisotopic (exact) mass is 245 g/mol. The Morgan fingerprint density at radius 2 is 2.06 bits per heavy atom. The zero-order valence-electron chi connectivity index (χ0n) is 11.8. The fourth-order valence-corrected chi connectivity index (χ4v) is 2.20. The lowest BCUT2D eigenvalue weighted by molar-refractivity contribution is 0.174. The lowest BCUT2D eigenvalue weighted by atomic mass is 10.1. The van der Waals surface area contributed by atoms with Crippen molar-refractivity contribution in [1.29, 1.82) is 5.26 Å². The first-order chi connectivity index (χ1) is 8.56. The third-order valence-corrected chi connectivity index (χ3v) is 3.10. The van der Waals surface area contributed by atoms with Crippen molar-refractivity contribution in [2.45, 2.75) is 26.4 Å². The summed E-state index contributed by atoms with van der Waals surface area (Å²) in [5.74, 6) is 0. The van der Waals surface area contributed by atoms with Gasteiger partial charge in [-0.1, -0.05) is 19.1 Å². The van der Waals surface area contributed by atoms with Crippen LogP contribution < -0.4 is 0 Å². The topological polar surface area (TPSA) is 30.3 Å². The van der Waals surface area contributed by atoms with Crippen molar-refractivity contribution in [1.82, 2.24) is 9.80 Å². The van der Waals surface area contributed by atoms with E-state index < -0.39 is 0 Å². The van der Waals surface area contributed by atoms with E-state index in [1.165, 1.54) is 5.56 Å². The van der Waals surface area contributed by atoms with Crippen LogP contribution >= 0.6 is 0 Å². The minimum Gasteiger partial charge on any atom is -0.308 e. The Morgan fingerprint density at radius 3 is 2.61 bits per heavy atom. The Hall–Kier alpha value is -1.37. The molecule has 1 rings (SSSR count). The van der Waals surface area contributed by atoms with E-state index in [2.05, 4.69) is 49.9 Å². The molecule has 3 nitrogen and oxygen atoms in total. The fraction of sp³-hybridized carbons (Fsp3) is 0.533. The van der Waals surface area contributed by atoms with Crippen LogP contribution in [0.3, 0.4) is 0 Å². The Morgan fingerprint density at radius 1 is 1.33 bits per heavy atom. The molecule has 0 saturated heterocycles. The maximum atomic E-state index is 8.91. The summed E-state index contributed by atoms with van der Waals surface area (Å²) in [4.78, 5) is 4.63. The summed E-state index contributed by atoms with van der Waals surface area (Å²) in [5, 5.41) is 8.91. The molecular formula is C15H23N3. The van der Waals surface area contributed by atoms with Crippen LogP contribution in [0.2, 0.25) is 0 Å². The molecule has 1 atom stereocenters. The number of hydrogen-bond acceptors (Lipinski definition) is 3. The van der Waals surface area contributed by atoms with Crippen molar-refractivity contribution < 1.29 is 0 Å². The highest BCUT2D eigenvalue weighted by atomic mass is 15.2. The van der Waals surface area contributed by atoms with Crippen LogP contribution in [0.15, 0.2) is 24.3 Å². The second-order valence-electron chi connectivity index (χ2n) is 4.99. The van der Waals surface area contributed by atoms with Crippen molar-refractivity contribution >= 4 is 0 Å². The Bertz CT molecular complexity index is 406. The minimum absolute atomic E-state index is 0.510. The summed E-state index contributed by atoms with van der Waals surface area (Å²) < 4.78 is 0. The van der Waals surface area contributed by atoms with Gasteiger partial charge in [-0.3, -0.25) is 4.90 Å². The third kappa shape index (κ3) is 4.48. The normalized spacial score (nSPS) is 12.7. The first-order valence-electron chi connectivity index (χ1n) is 6.44. The molecule has 0 heterocycles. The van der Waals surface area contributed by atoms with Gasteiger partial charge in [-0.2, -0.15) is 5.26 Å². The van der Waals surface area contributed by atoms with Crippen molar-refractivity contribution in [2.24, 2.45) is 0 Å². The van der Waals surface area contributed by atoms with Crippen molar-refractivity contribution in [3.8, 4) is 6.07 Å². The number of benzene rings is 1. The average Bonchev–Trinajstić information content (AvgIpc) is 2.35. The first kappa shape index (κ1) is 14.7. The van der Waals surface area contributed by atoms with E-state index in [4.69, 9.17) is 5.26 Å². The molecule has 0 radical (unpaired) electrons. The smallest absolute Gasteiger partial charge is 0.0991 e. The van der Waals surface area contributed by atoms with E-state index in [-0.39, 0.29) is 0 Å². The van der Waals surface area contributed by atoms with Crippen LogP contribution in [-0.4, -0.2) is 43.0 Å². The van der Waals surface area contributed by atoms with E-state index >= 15 is 0 Å². The van der Waals surface area contributed by atoms with Gasteiger partial charge in [-0.05, 0) is 45.3 Å². The molecule has 1 aromatic rings. The largest absolute Gasteiger partial charge is 0.308 e. The van der Waals surface area contributed by atoms with Gasteiger partial charge in [0.1, 0.15) is 0 Å². The number of likely N-dealkylation sites (N-methyl/N-ethyl adjacent to an activating group) is 2. The molecule has 0 spiro atoms. The Kier molecular flexibility index (Phi) is 5.84. The minimum atomic E-state index is 0.510. The standard InChI is InChI=1S/C15H23N3/c1-5-18(13(2)11-17(3)4)12-15-8-6-7-14(9-15)10-16/h6-9,13H,5,11-12H2,1-4H3. The maximum Gasteiger partial charge on any atom is 0.0991 e. The van der Waals surface area contributed by atoms with Gasteiger partial charge in [0.05, 0.1) is 11.6 Å². The average molecular weight is 245 g/mol. The van der Waals surface area contributed by atoms with Gasteiger partial charge in [-0.25, -0.2) is 0 Å². The maximum absolute atomic E-state index is 8.91. The van der Waals surface area contributed by atoms with E-state index in [1.54, 1.807) is 0 Å². The quantitative estimate of drug-likeness (QED) is 0.770. The predicted molar refractivity (Wildman–Crippen MR) is 75.3 cm³/mol. The third-order valence-electron chi connectivity index (χ3n) is 3.10. The molecule has 0 aliphatic rings. The van der Waals surface area contributed by atoms with Crippen molar-refractivity contribution in [3.63, 3.8) is 0 Å². The summed E-state index contributed by atoms with van der Waals surface area (Å²) in [7, 11) is 4.20. The number of nitrogens with zero attached hydrogens (tertiary/aromatic N) is 3. The highest BCUT2D eigenvalue weighted by Gasteiger charge is 2.13. The second kappa shape index (κ2) is 7.15. The summed E-state index contributed by atoms with van der Waals surface area (Å²) >= 11 is 0. The molecule has 0 fully saturated rings. The molecule has 0 aromatic heterocycles. The zero-order valence-corrected chi connectivity index (χ0v) is 11.8. The molecule has 0 amide bonds. The molecule has 0 aliphatic carbocycles. The highest BCUT2D eigenvalue weighted by Crippen LogP contribution is 2.10. The summed E-state index contributed by atoms with van der Waals surface area (Å²) in [5.41, 5.74) is 1.95. The van der Waals surface area contributed by atoms with E-state index in [1.807, 2.05) is 18.2 Å². The molecule has 0 N–H and O–H groups in total. The first-order valence-corrected chi connectivity index (χ1v) is 6.44. The van der Waals surface area contributed by atoms with Crippen molar-refractivity contribution in [2.75, 3.05) is 27.2 Å². The molecule has 18 heavy (non-hydrogen) atoms. The summed E-state index contributed by atoms with van der Waals surface area (Å²) in [6, 6.07) is 10.6. The van der Waals surface area contributed by atoms with Gasteiger partial charge < -0.3 is 4.90 Å². The number of hydrogen-bond donors (Lipinski definition) is 0. The Labute approximate surface area is 111 Å². The van der Waals surface area contributed by atoms with Gasteiger partial charge in [-0.15, -0.1) is 0 Å².